The molecule has 1 aromatic carbocycles. The van der Waals surface area contributed by atoms with Gasteiger partial charge in [-0.2, -0.15) is 0 Å². The number of nitrogens with zero attached hydrogens (tertiary/aromatic N) is 1. The van der Waals surface area contributed by atoms with Crippen LogP contribution in [0.2, 0.25) is 0 Å². The van der Waals surface area contributed by atoms with E-state index in [0.29, 0.717) is 9.24 Å². The number of nitrogens with one attached hydrogen (secondary N) is 1. The van der Waals surface area contributed by atoms with Gasteiger partial charge in [-0.25, -0.2) is 4.39 Å². The van der Waals surface area contributed by atoms with E-state index < -0.39 is 0 Å². The summed E-state index contributed by atoms with van der Waals surface area (Å²) in [5.41, 5.74) is 1.93. The van der Waals surface area contributed by atoms with Crippen LogP contribution in [-0.4, -0.2) is 9.55 Å². The summed E-state index contributed by atoms with van der Waals surface area (Å²) in [5.74, 6) is -0.276. The summed E-state index contributed by atoms with van der Waals surface area (Å²) in [6.07, 6.45) is 1.02. The zero-order chi connectivity index (χ0) is 13.5. The van der Waals surface area contributed by atoms with Crippen LogP contribution in [0.1, 0.15) is 27.2 Å². The summed E-state index contributed by atoms with van der Waals surface area (Å²) in [4.78, 5) is 3.05. The van der Waals surface area contributed by atoms with Crippen LogP contribution in [0.4, 0.5) is 4.39 Å². The molecule has 0 radical (unpaired) electrons. The van der Waals surface area contributed by atoms with Gasteiger partial charge >= 0.3 is 0 Å². The van der Waals surface area contributed by atoms with Gasteiger partial charge in [0.2, 0.25) is 0 Å². The van der Waals surface area contributed by atoms with E-state index in [0.717, 1.165) is 24.0 Å². The van der Waals surface area contributed by atoms with E-state index in [2.05, 4.69) is 41.7 Å². The zero-order valence-electron chi connectivity index (χ0n) is 10.7. The fraction of sp³-hybridized carbons (Fsp3) is 0.462. The Morgan fingerprint density at radius 2 is 2.06 bits per heavy atom. The number of aryl methyl sites for hydroxylation is 1. The Balaban J connectivity index is 2.47. The summed E-state index contributed by atoms with van der Waals surface area (Å²) in [7, 11) is 0. The summed E-state index contributed by atoms with van der Waals surface area (Å²) in [6, 6.07) is 3.25. The molecule has 0 saturated carbocycles. The molecule has 1 aromatic heterocycles. The quantitative estimate of drug-likeness (QED) is 0.765. The first-order valence-corrected chi connectivity index (χ1v) is 7.06. The fourth-order valence-corrected chi connectivity index (χ4v) is 2.45. The van der Waals surface area contributed by atoms with Gasteiger partial charge in [0, 0.05) is 12.6 Å². The van der Waals surface area contributed by atoms with Gasteiger partial charge < -0.3 is 9.55 Å². The molecule has 0 amide bonds. The lowest BCUT2D eigenvalue weighted by atomic mass is 9.92. The van der Waals surface area contributed by atoms with E-state index in [1.54, 1.807) is 6.07 Å². The minimum absolute atomic E-state index is 0.246. The van der Waals surface area contributed by atoms with Crippen LogP contribution in [-0.2, 0) is 6.54 Å². The molecule has 1 heterocycles. The van der Waals surface area contributed by atoms with Crippen molar-refractivity contribution < 1.29 is 4.39 Å². The standard InChI is InChI=1S/C13H16BrFN2S/c1-13(2,3)4-5-17-11-6-8(14)9(15)7-10(11)16-12(17)18/h6-7H,4-5H2,1-3H3,(H,16,18). The van der Waals surface area contributed by atoms with Crippen molar-refractivity contribution in [2.24, 2.45) is 5.41 Å². The zero-order valence-corrected chi connectivity index (χ0v) is 13.1. The van der Waals surface area contributed by atoms with E-state index in [-0.39, 0.29) is 11.2 Å². The van der Waals surface area contributed by atoms with Crippen LogP contribution >= 0.6 is 28.1 Å². The second kappa shape index (κ2) is 4.78. The molecule has 98 valence electrons. The first-order chi connectivity index (χ1) is 8.28. The molecule has 0 aliphatic heterocycles. The van der Waals surface area contributed by atoms with Gasteiger partial charge in [-0.05, 0) is 46.0 Å². The molecule has 0 spiro atoms. The highest BCUT2D eigenvalue weighted by molar-refractivity contribution is 9.10. The maximum Gasteiger partial charge on any atom is 0.178 e. The number of hydrogen-bond donors (Lipinski definition) is 1. The first kappa shape index (κ1) is 13.7. The number of aromatic nitrogens is 2. The highest BCUT2D eigenvalue weighted by Gasteiger charge is 2.13. The normalized spacial score (nSPS) is 12.3. The molecule has 2 rings (SSSR count). The largest absolute Gasteiger partial charge is 0.330 e. The maximum atomic E-state index is 13.5. The molecule has 18 heavy (non-hydrogen) atoms. The highest BCUT2D eigenvalue weighted by Crippen LogP contribution is 2.25. The molecular formula is C13H16BrFN2S. The van der Waals surface area contributed by atoms with Gasteiger partial charge in [0.15, 0.2) is 4.77 Å². The monoisotopic (exact) mass is 330 g/mol. The average Bonchev–Trinajstić information content (AvgIpc) is 2.51. The summed E-state index contributed by atoms with van der Waals surface area (Å²) in [6.45, 7) is 7.42. The van der Waals surface area contributed by atoms with Crippen molar-refractivity contribution in [2.75, 3.05) is 0 Å². The van der Waals surface area contributed by atoms with E-state index >= 15 is 0 Å². The number of benzene rings is 1. The van der Waals surface area contributed by atoms with Crippen LogP contribution in [0, 0.1) is 16.0 Å². The Bertz CT molecular complexity index is 637. The average molecular weight is 331 g/mol. The number of rotatable bonds is 2. The Morgan fingerprint density at radius 3 is 2.67 bits per heavy atom. The van der Waals surface area contributed by atoms with Crippen LogP contribution in [0.25, 0.3) is 11.0 Å². The van der Waals surface area contributed by atoms with Crippen LogP contribution in [0.3, 0.4) is 0 Å². The van der Waals surface area contributed by atoms with Crippen molar-refractivity contribution in [1.29, 1.82) is 0 Å². The SMILES string of the molecule is CC(C)(C)CCn1c(=S)[nH]c2cc(F)c(Br)cc21. The summed E-state index contributed by atoms with van der Waals surface area (Å²) >= 11 is 8.51. The predicted molar refractivity (Wildman–Crippen MR) is 78.9 cm³/mol. The van der Waals surface area contributed by atoms with Crippen molar-refractivity contribution in [1.82, 2.24) is 9.55 Å². The molecule has 0 aliphatic carbocycles. The number of H-pyrrole nitrogens is 1. The number of aromatic amines is 1. The van der Waals surface area contributed by atoms with Crippen molar-refractivity contribution >= 4 is 39.2 Å². The first-order valence-electron chi connectivity index (χ1n) is 5.85. The highest BCUT2D eigenvalue weighted by atomic mass is 79.9. The minimum atomic E-state index is -0.276. The molecular weight excluding hydrogens is 315 g/mol. The van der Waals surface area contributed by atoms with Gasteiger partial charge in [-0.3, -0.25) is 0 Å². The lowest BCUT2D eigenvalue weighted by molar-refractivity contribution is 0.352. The van der Waals surface area contributed by atoms with Crippen LogP contribution < -0.4 is 0 Å². The molecule has 0 atom stereocenters. The molecule has 0 fully saturated rings. The fourth-order valence-electron chi connectivity index (χ4n) is 1.82. The second-order valence-electron chi connectivity index (χ2n) is 5.68. The Labute approximate surface area is 119 Å². The minimum Gasteiger partial charge on any atom is -0.330 e. The van der Waals surface area contributed by atoms with E-state index in [1.807, 2.05) is 4.57 Å². The molecule has 0 bridgehead atoms. The van der Waals surface area contributed by atoms with Crippen molar-refractivity contribution in [3.05, 3.63) is 27.2 Å². The van der Waals surface area contributed by atoms with E-state index in [9.17, 15) is 4.39 Å². The number of hydrogen-bond acceptors (Lipinski definition) is 1. The molecule has 1 N–H and O–H groups in total. The lowest BCUT2D eigenvalue weighted by Gasteiger charge is -2.18. The van der Waals surface area contributed by atoms with E-state index in [4.69, 9.17) is 12.2 Å². The molecule has 0 unspecified atom stereocenters. The van der Waals surface area contributed by atoms with Crippen molar-refractivity contribution in [3.8, 4) is 0 Å². The van der Waals surface area contributed by atoms with Gasteiger partial charge in [0.25, 0.3) is 0 Å². The molecule has 2 nitrogen and oxygen atoms in total. The summed E-state index contributed by atoms with van der Waals surface area (Å²) < 4.78 is 16.6. The molecule has 2 aromatic rings. The number of fused-ring (bicyclic) bond motifs is 1. The van der Waals surface area contributed by atoms with Gasteiger partial charge in [-0.15, -0.1) is 0 Å². The second-order valence-corrected chi connectivity index (χ2v) is 6.92. The Kier molecular flexibility index (Phi) is 3.65. The Hall–Kier alpha value is -0.680. The van der Waals surface area contributed by atoms with Gasteiger partial charge in [0.1, 0.15) is 5.82 Å². The lowest BCUT2D eigenvalue weighted by Crippen LogP contribution is -2.10. The third kappa shape index (κ3) is 2.83. The molecule has 5 heteroatoms. The topological polar surface area (TPSA) is 20.7 Å². The molecule has 0 saturated heterocycles. The third-order valence-electron chi connectivity index (χ3n) is 2.90. The predicted octanol–water partition coefficient (Wildman–Crippen LogP) is 5.04. The molecule has 0 aliphatic rings. The van der Waals surface area contributed by atoms with Crippen molar-refractivity contribution in [3.63, 3.8) is 0 Å². The van der Waals surface area contributed by atoms with Crippen LogP contribution in [0.5, 0.6) is 0 Å². The third-order valence-corrected chi connectivity index (χ3v) is 3.83. The number of halogens is 2. The van der Waals surface area contributed by atoms with Crippen LogP contribution in [0.15, 0.2) is 16.6 Å². The maximum absolute atomic E-state index is 13.5. The summed E-state index contributed by atoms with van der Waals surface area (Å²) in [5, 5.41) is 0. The van der Waals surface area contributed by atoms with Crippen molar-refractivity contribution in [2.45, 2.75) is 33.7 Å². The smallest absolute Gasteiger partial charge is 0.178 e. The van der Waals surface area contributed by atoms with E-state index in [1.165, 1.54) is 6.07 Å². The Morgan fingerprint density at radius 1 is 1.39 bits per heavy atom. The van der Waals surface area contributed by atoms with Gasteiger partial charge in [0.05, 0.1) is 15.5 Å². The van der Waals surface area contributed by atoms with Gasteiger partial charge in [-0.1, -0.05) is 20.8 Å². The number of imidazole rings is 1.